The Morgan fingerprint density at radius 1 is 0.453 bits per heavy atom. The minimum Gasteiger partial charge on any atom is -0.457 e. The summed E-state index contributed by atoms with van der Waals surface area (Å²) in [6.07, 6.45) is 0. The molecule has 0 fully saturated rings. The molecular formula is C49H29N3O. The van der Waals surface area contributed by atoms with Crippen LogP contribution < -0.4 is 4.74 Å². The summed E-state index contributed by atoms with van der Waals surface area (Å²) in [6.45, 7) is 0. The van der Waals surface area contributed by atoms with Gasteiger partial charge in [-0.25, -0.2) is 9.97 Å². The Hall–Kier alpha value is -7.04. The molecule has 53 heavy (non-hydrogen) atoms. The number of fused-ring (bicyclic) bond motifs is 15. The van der Waals surface area contributed by atoms with Crippen molar-refractivity contribution in [1.29, 1.82) is 0 Å². The van der Waals surface area contributed by atoms with E-state index in [1.54, 1.807) is 0 Å². The number of benzene rings is 8. The van der Waals surface area contributed by atoms with Crippen LogP contribution >= 0.6 is 0 Å². The van der Waals surface area contributed by atoms with Gasteiger partial charge in [0.2, 0.25) is 5.95 Å². The fourth-order valence-corrected chi connectivity index (χ4v) is 9.33. The second kappa shape index (κ2) is 10.5. The number of nitrogens with zero attached hydrogens (tertiary/aromatic N) is 3. The van der Waals surface area contributed by atoms with Crippen molar-refractivity contribution >= 4 is 43.5 Å². The second-order valence-corrected chi connectivity index (χ2v) is 14.1. The molecule has 3 heterocycles. The largest absolute Gasteiger partial charge is 0.457 e. The first-order valence-corrected chi connectivity index (χ1v) is 18.1. The second-order valence-electron chi connectivity index (χ2n) is 14.1. The minimum absolute atomic E-state index is 0.565. The molecule has 0 saturated heterocycles. The first kappa shape index (κ1) is 28.6. The van der Waals surface area contributed by atoms with Gasteiger partial charge in [-0.3, -0.25) is 4.57 Å². The number of para-hydroxylation sites is 2. The Morgan fingerprint density at radius 2 is 1.11 bits per heavy atom. The van der Waals surface area contributed by atoms with Crippen LogP contribution in [0.2, 0.25) is 0 Å². The molecule has 0 bridgehead atoms. The van der Waals surface area contributed by atoms with Crippen molar-refractivity contribution in [3.8, 4) is 39.8 Å². The summed E-state index contributed by atoms with van der Waals surface area (Å²) in [5.41, 5.74) is 11.7. The van der Waals surface area contributed by atoms with Crippen LogP contribution in [0.1, 0.15) is 22.3 Å². The molecule has 1 aliphatic heterocycles. The number of hydrogen-bond acceptors (Lipinski definition) is 3. The maximum atomic E-state index is 6.99. The van der Waals surface area contributed by atoms with Crippen molar-refractivity contribution in [2.75, 3.05) is 0 Å². The summed E-state index contributed by atoms with van der Waals surface area (Å²) >= 11 is 0. The van der Waals surface area contributed by atoms with Crippen LogP contribution in [0, 0.1) is 0 Å². The lowest BCUT2D eigenvalue weighted by Crippen LogP contribution is -2.32. The molecule has 2 aliphatic rings. The van der Waals surface area contributed by atoms with Crippen molar-refractivity contribution in [3.63, 3.8) is 0 Å². The van der Waals surface area contributed by atoms with Crippen LogP contribution in [0.5, 0.6) is 11.5 Å². The number of aromatic nitrogens is 3. The Balaban J connectivity index is 1.25. The predicted octanol–water partition coefficient (Wildman–Crippen LogP) is 12.0. The smallest absolute Gasteiger partial charge is 0.235 e. The highest BCUT2D eigenvalue weighted by Gasteiger charge is 2.51. The van der Waals surface area contributed by atoms with Gasteiger partial charge in [0.15, 0.2) is 0 Å². The molecule has 1 aliphatic carbocycles. The standard InChI is InChI=1S/C49H29N3O/c1-2-15-31(16-3-1)47-35-20-8-12-24-41(35)50-48(51-47)52-42-27-26-30-14-4-5-17-32(30)46(42)36-28-40-45(29-43(36)52)53-44-25-13-11-23-39(44)49(40)37-21-9-6-18-33(37)34-19-7-10-22-38(34)49/h1-29H. The summed E-state index contributed by atoms with van der Waals surface area (Å²) < 4.78 is 9.23. The van der Waals surface area contributed by atoms with Crippen LogP contribution in [-0.2, 0) is 5.41 Å². The highest BCUT2D eigenvalue weighted by atomic mass is 16.5. The maximum Gasteiger partial charge on any atom is 0.235 e. The molecule has 10 aromatic rings. The summed E-state index contributed by atoms with van der Waals surface area (Å²) in [5, 5.41) is 5.71. The molecule has 0 saturated carbocycles. The van der Waals surface area contributed by atoms with Crippen LogP contribution in [0.4, 0.5) is 0 Å². The van der Waals surface area contributed by atoms with Crippen molar-refractivity contribution in [3.05, 3.63) is 198 Å². The Morgan fingerprint density at radius 3 is 1.92 bits per heavy atom. The third-order valence-electron chi connectivity index (χ3n) is 11.5. The lowest BCUT2D eigenvalue weighted by molar-refractivity contribution is 0.437. The van der Waals surface area contributed by atoms with E-state index in [0.717, 1.165) is 61.2 Å². The van der Waals surface area contributed by atoms with Gasteiger partial charge in [0.1, 0.15) is 11.5 Å². The molecular weight excluding hydrogens is 647 g/mol. The average molecular weight is 676 g/mol. The van der Waals surface area contributed by atoms with Crippen molar-refractivity contribution in [1.82, 2.24) is 14.5 Å². The fraction of sp³-hybridized carbons (Fsp3) is 0.0204. The maximum absolute atomic E-state index is 6.99. The quantitative estimate of drug-likeness (QED) is 0.183. The normalized spacial score (nSPS) is 13.6. The van der Waals surface area contributed by atoms with E-state index in [9.17, 15) is 0 Å². The molecule has 2 aromatic heterocycles. The Kier molecular flexibility index (Phi) is 5.67. The van der Waals surface area contributed by atoms with Gasteiger partial charge in [0.05, 0.1) is 27.7 Å². The van der Waals surface area contributed by atoms with Crippen LogP contribution in [-0.4, -0.2) is 14.5 Å². The van der Waals surface area contributed by atoms with Crippen molar-refractivity contribution < 1.29 is 4.74 Å². The van der Waals surface area contributed by atoms with Gasteiger partial charge in [0.25, 0.3) is 0 Å². The van der Waals surface area contributed by atoms with Crippen molar-refractivity contribution in [2.24, 2.45) is 0 Å². The third kappa shape index (κ3) is 3.74. The lowest BCUT2D eigenvalue weighted by atomic mass is 9.66. The molecule has 1 spiro atoms. The van der Waals surface area contributed by atoms with Gasteiger partial charge in [-0.15, -0.1) is 0 Å². The van der Waals surface area contributed by atoms with E-state index in [0.29, 0.717) is 5.95 Å². The van der Waals surface area contributed by atoms with Gasteiger partial charge in [0, 0.05) is 38.9 Å². The van der Waals surface area contributed by atoms with Crippen LogP contribution in [0.15, 0.2) is 176 Å². The molecule has 0 atom stereocenters. The van der Waals surface area contributed by atoms with Gasteiger partial charge in [-0.2, -0.15) is 0 Å². The lowest BCUT2D eigenvalue weighted by Gasteiger charge is -2.39. The molecule has 8 aromatic carbocycles. The zero-order chi connectivity index (χ0) is 34.7. The van der Waals surface area contributed by atoms with E-state index in [2.05, 4.69) is 168 Å². The summed E-state index contributed by atoms with van der Waals surface area (Å²) in [5.74, 6) is 2.33. The zero-order valence-electron chi connectivity index (χ0n) is 28.5. The average Bonchev–Trinajstić information content (AvgIpc) is 3.71. The van der Waals surface area contributed by atoms with E-state index in [1.807, 2.05) is 12.1 Å². The molecule has 0 unspecified atom stereocenters. The number of hydrogen-bond donors (Lipinski definition) is 0. The molecule has 12 rings (SSSR count). The number of rotatable bonds is 2. The topological polar surface area (TPSA) is 39.9 Å². The fourth-order valence-electron chi connectivity index (χ4n) is 9.33. The molecule has 0 amide bonds. The Bertz CT molecular complexity index is 3110. The summed E-state index contributed by atoms with van der Waals surface area (Å²) in [7, 11) is 0. The first-order valence-electron chi connectivity index (χ1n) is 18.1. The van der Waals surface area contributed by atoms with Crippen molar-refractivity contribution in [2.45, 2.75) is 5.41 Å². The van der Waals surface area contributed by atoms with E-state index >= 15 is 0 Å². The van der Waals surface area contributed by atoms with Crippen LogP contribution in [0.25, 0.3) is 71.8 Å². The van der Waals surface area contributed by atoms with E-state index in [4.69, 9.17) is 14.7 Å². The van der Waals surface area contributed by atoms with Crippen LogP contribution in [0.3, 0.4) is 0 Å². The SMILES string of the molecule is c1ccc(-c2nc(-n3c4cc5c(cc4c4c6ccccc6ccc43)C3(c4ccccc4O5)c4ccccc4-c4ccccc43)nc3ccccc23)cc1. The highest BCUT2D eigenvalue weighted by molar-refractivity contribution is 6.22. The third-order valence-corrected chi connectivity index (χ3v) is 11.5. The zero-order valence-corrected chi connectivity index (χ0v) is 28.5. The van der Waals surface area contributed by atoms with E-state index in [-0.39, 0.29) is 0 Å². The molecule has 0 N–H and O–H groups in total. The first-order chi connectivity index (χ1) is 26.3. The molecule has 0 radical (unpaired) electrons. The predicted molar refractivity (Wildman–Crippen MR) is 214 cm³/mol. The summed E-state index contributed by atoms with van der Waals surface area (Å²) in [4.78, 5) is 10.7. The van der Waals surface area contributed by atoms with Gasteiger partial charge < -0.3 is 4.74 Å². The number of ether oxygens (including phenoxy) is 1. The van der Waals surface area contributed by atoms with Gasteiger partial charge in [-0.1, -0.05) is 146 Å². The minimum atomic E-state index is -0.565. The van der Waals surface area contributed by atoms with Gasteiger partial charge >= 0.3 is 0 Å². The monoisotopic (exact) mass is 675 g/mol. The molecule has 4 nitrogen and oxygen atoms in total. The highest BCUT2D eigenvalue weighted by Crippen LogP contribution is 2.62. The van der Waals surface area contributed by atoms with Gasteiger partial charge in [-0.05, 0) is 57.3 Å². The summed E-state index contributed by atoms with van der Waals surface area (Å²) in [6, 6.07) is 62.8. The molecule has 4 heteroatoms. The van der Waals surface area contributed by atoms with E-state index < -0.39 is 5.41 Å². The van der Waals surface area contributed by atoms with E-state index in [1.165, 1.54) is 38.4 Å². The Labute approximate surface area is 305 Å². The molecule has 246 valence electrons.